The first-order valence-corrected chi connectivity index (χ1v) is 6.82. The molecule has 4 nitrogen and oxygen atoms in total. The molecule has 1 aliphatic rings. The Balaban J connectivity index is 2.00. The molecule has 2 atom stereocenters. The molecule has 0 aliphatic carbocycles. The van der Waals surface area contributed by atoms with Crippen molar-refractivity contribution in [2.75, 3.05) is 0 Å². The van der Waals surface area contributed by atoms with Crippen molar-refractivity contribution in [1.82, 2.24) is 9.78 Å². The number of cyclic esters (lactones) is 1. The van der Waals surface area contributed by atoms with Crippen molar-refractivity contribution < 1.29 is 9.53 Å². The van der Waals surface area contributed by atoms with Gasteiger partial charge in [0.05, 0.1) is 12.2 Å². The van der Waals surface area contributed by atoms with E-state index in [2.05, 4.69) is 5.10 Å². The zero-order valence-corrected chi connectivity index (χ0v) is 12.0. The normalized spacial score (nSPS) is 25.1. The number of ether oxygens (including phenoxy) is 1. The molecule has 0 spiro atoms. The van der Waals surface area contributed by atoms with E-state index in [1.54, 1.807) is 0 Å². The zero-order valence-electron chi connectivity index (χ0n) is 12.0. The Morgan fingerprint density at radius 1 is 1.30 bits per heavy atom. The minimum absolute atomic E-state index is 0.143. The van der Waals surface area contributed by atoms with E-state index in [4.69, 9.17) is 4.74 Å². The van der Waals surface area contributed by atoms with Gasteiger partial charge in [0.2, 0.25) is 0 Å². The Bertz CT molecular complexity index is 648. The van der Waals surface area contributed by atoms with Gasteiger partial charge in [-0.1, -0.05) is 30.3 Å². The lowest BCUT2D eigenvalue weighted by molar-refractivity contribution is -0.218. The number of aryl methyl sites for hydroxylation is 2. The Labute approximate surface area is 118 Å². The summed E-state index contributed by atoms with van der Waals surface area (Å²) in [5.41, 5.74) is 2.48. The Hall–Kier alpha value is -2.10. The molecule has 104 valence electrons. The molecule has 0 saturated carbocycles. The summed E-state index contributed by atoms with van der Waals surface area (Å²) in [6, 6.07) is 12.0. The summed E-state index contributed by atoms with van der Waals surface area (Å²) in [7, 11) is 0. The fourth-order valence-electron chi connectivity index (χ4n) is 2.84. The van der Waals surface area contributed by atoms with E-state index >= 15 is 0 Å². The molecule has 0 amide bonds. The van der Waals surface area contributed by atoms with Crippen LogP contribution in [0.4, 0.5) is 0 Å². The van der Waals surface area contributed by atoms with Crippen LogP contribution in [0, 0.1) is 19.8 Å². The van der Waals surface area contributed by atoms with Gasteiger partial charge in [-0.05, 0) is 32.4 Å². The van der Waals surface area contributed by atoms with Crippen molar-refractivity contribution in [2.24, 2.45) is 5.92 Å². The summed E-state index contributed by atoms with van der Waals surface area (Å²) >= 11 is 0. The number of hydrogen-bond acceptors (Lipinski definition) is 3. The minimum atomic E-state index is -0.596. The third-order valence-electron chi connectivity index (χ3n) is 4.09. The molecule has 0 bridgehead atoms. The van der Waals surface area contributed by atoms with Gasteiger partial charge < -0.3 is 4.74 Å². The number of esters is 1. The van der Waals surface area contributed by atoms with Crippen molar-refractivity contribution in [3.63, 3.8) is 0 Å². The molecule has 1 fully saturated rings. The standard InChI is InChI=1S/C16H18N2O2/c1-11-9-12(2)18(17-11)10-16(13(3)15(19)20-16)14-7-5-4-6-8-14/h4-9,13H,10H2,1-3H3/t13-,16+/m0/s1. The third-order valence-corrected chi connectivity index (χ3v) is 4.09. The molecule has 1 saturated heterocycles. The first-order chi connectivity index (χ1) is 9.53. The number of nitrogens with zero attached hydrogens (tertiary/aromatic N) is 2. The van der Waals surface area contributed by atoms with E-state index in [1.807, 2.05) is 61.9 Å². The maximum atomic E-state index is 11.6. The Morgan fingerprint density at radius 2 is 2.00 bits per heavy atom. The van der Waals surface area contributed by atoms with Crippen LogP contribution >= 0.6 is 0 Å². The number of carbonyl (C=O) groups excluding carboxylic acids is 1. The summed E-state index contributed by atoms with van der Waals surface area (Å²) in [6.45, 7) is 6.47. The summed E-state index contributed by atoms with van der Waals surface area (Å²) in [5, 5.41) is 4.49. The molecule has 20 heavy (non-hydrogen) atoms. The van der Waals surface area contributed by atoms with Crippen molar-refractivity contribution in [3.8, 4) is 0 Å². The van der Waals surface area contributed by atoms with Crippen LogP contribution in [-0.4, -0.2) is 15.7 Å². The maximum Gasteiger partial charge on any atom is 0.314 e. The van der Waals surface area contributed by atoms with Gasteiger partial charge in [0.25, 0.3) is 0 Å². The van der Waals surface area contributed by atoms with Crippen LogP contribution in [0.2, 0.25) is 0 Å². The van der Waals surface area contributed by atoms with Crippen molar-refractivity contribution >= 4 is 5.97 Å². The van der Waals surface area contributed by atoms with Crippen LogP contribution in [0.1, 0.15) is 23.9 Å². The monoisotopic (exact) mass is 270 g/mol. The summed E-state index contributed by atoms with van der Waals surface area (Å²) in [5.74, 6) is -0.302. The van der Waals surface area contributed by atoms with Crippen LogP contribution in [0.5, 0.6) is 0 Å². The van der Waals surface area contributed by atoms with Crippen molar-refractivity contribution in [2.45, 2.75) is 32.9 Å². The highest BCUT2D eigenvalue weighted by molar-refractivity contribution is 5.80. The fraction of sp³-hybridized carbons (Fsp3) is 0.375. The topological polar surface area (TPSA) is 44.1 Å². The molecule has 4 heteroatoms. The van der Waals surface area contributed by atoms with Gasteiger partial charge >= 0.3 is 5.97 Å². The largest absolute Gasteiger partial charge is 0.451 e. The second-order valence-electron chi connectivity index (χ2n) is 5.48. The van der Waals surface area contributed by atoms with E-state index in [-0.39, 0.29) is 11.9 Å². The molecular weight excluding hydrogens is 252 g/mol. The zero-order chi connectivity index (χ0) is 14.3. The maximum absolute atomic E-state index is 11.6. The van der Waals surface area contributed by atoms with Crippen molar-refractivity contribution in [1.29, 1.82) is 0 Å². The predicted octanol–water partition coefficient (Wildman–Crippen LogP) is 2.59. The van der Waals surface area contributed by atoms with Gasteiger partial charge in [-0.15, -0.1) is 0 Å². The molecule has 0 radical (unpaired) electrons. The van der Waals surface area contributed by atoms with Gasteiger partial charge in [-0.2, -0.15) is 5.10 Å². The molecule has 0 unspecified atom stereocenters. The number of aromatic nitrogens is 2. The van der Waals surface area contributed by atoms with Gasteiger partial charge in [0, 0.05) is 5.69 Å². The molecule has 0 N–H and O–H groups in total. The molecule has 1 aromatic heterocycles. The first-order valence-electron chi connectivity index (χ1n) is 6.82. The average Bonchev–Trinajstić information content (AvgIpc) is 2.76. The molecular formula is C16H18N2O2. The van der Waals surface area contributed by atoms with Crippen LogP contribution in [0.3, 0.4) is 0 Å². The Morgan fingerprint density at radius 3 is 2.50 bits per heavy atom. The molecule has 1 aliphatic heterocycles. The highest BCUT2D eigenvalue weighted by Crippen LogP contribution is 2.44. The summed E-state index contributed by atoms with van der Waals surface area (Å²) in [4.78, 5) is 11.6. The van der Waals surface area contributed by atoms with E-state index < -0.39 is 5.60 Å². The molecule has 2 aromatic rings. The molecule has 2 heterocycles. The number of carbonyl (C=O) groups is 1. The van der Waals surface area contributed by atoms with Gasteiger partial charge in [-0.25, -0.2) is 0 Å². The van der Waals surface area contributed by atoms with Gasteiger partial charge in [0.15, 0.2) is 5.60 Å². The quantitative estimate of drug-likeness (QED) is 0.805. The van der Waals surface area contributed by atoms with Gasteiger partial charge in [0.1, 0.15) is 5.92 Å². The lowest BCUT2D eigenvalue weighted by Crippen LogP contribution is -2.56. The third kappa shape index (κ3) is 1.83. The summed E-state index contributed by atoms with van der Waals surface area (Å²) in [6.07, 6.45) is 0. The second-order valence-corrected chi connectivity index (χ2v) is 5.48. The Kier molecular flexibility index (Phi) is 2.89. The molecule has 3 rings (SSSR count). The van der Waals surface area contributed by atoms with Crippen LogP contribution in [-0.2, 0) is 21.7 Å². The van der Waals surface area contributed by atoms with Crippen LogP contribution < -0.4 is 0 Å². The summed E-state index contributed by atoms with van der Waals surface area (Å²) < 4.78 is 7.52. The highest BCUT2D eigenvalue weighted by Gasteiger charge is 2.55. The van der Waals surface area contributed by atoms with Gasteiger partial charge in [-0.3, -0.25) is 9.48 Å². The second kappa shape index (κ2) is 4.47. The smallest absolute Gasteiger partial charge is 0.314 e. The highest BCUT2D eigenvalue weighted by atomic mass is 16.6. The lowest BCUT2D eigenvalue weighted by atomic mass is 9.77. The minimum Gasteiger partial charge on any atom is -0.451 e. The van der Waals surface area contributed by atoms with E-state index in [0.29, 0.717) is 6.54 Å². The predicted molar refractivity (Wildman–Crippen MR) is 75.1 cm³/mol. The first kappa shape index (κ1) is 12.9. The molecule has 1 aromatic carbocycles. The van der Waals surface area contributed by atoms with Crippen molar-refractivity contribution in [3.05, 3.63) is 53.3 Å². The van der Waals surface area contributed by atoms with E-state index in [9.17, 15) is 4.79 Å². The fourth-order valence-corrected chi connectivity index (χ4v) is 2.84. The SMILES string of the molecule is Cc1cc(C)n(C[C@@]2(c3ccccc3)OC(=O)[C@@H]2C)n1. The number of rotatable bonds is 3. The average molecular weight is 270 g/mol. The van der Waals surface area contributed by atoms with E-state index in [1.165, 1.54) is 0 Å². The number of benzene rings is 1. The lowest BCUT2D eigenvalue weighted by Gasteiger charge is -2.46. The van der Waals surface area contributed by atoms with E-state index in [0.717, 1.165) is 17.0 Å². The van der Waals surface area contributed by atoms with Crippen LogP contribution in [0.25, 0.3) is 0 Å². The number of hydrogen-bond donors (Lipinski definition) is 0. The van der Waals surface area contributed by atoms with Crippen LogP contribution in [0.15, 0.2) is 36.4 Å².